The van der Waals surface area contributed by atoms with Crippen molar-refractivity contribution in [2.75, 3.05) is 30.0 Å². The Morgan fingerprint density at radius 3 is 2.66 bits per heavy atom. The van der Waals surface area contributed by atoms with Crippen LogP contribution in [0.4, 0.5) is 20.4 Å². The van der Waals surface area contributed by atoms with Crippen LogP contribution in [0.3, 0.4) is 0 Å². The van der Waals surface area contributed by atoms with Gasteiger partial charge in [-0.25, -0.2) is 13.8 Å². The van der Waals surface area contributed by atoms with E-state index in [0.717, 1.165) is 18.4 Å². The van der Waals surface area contributed by atoms with Crippen LogP contribution < -0.4 is 20.3 Å². The second-order valence-electron chi connectivity index (χ2n) is 9.37. The van der Waals surface area contributed by atoms with Crippen molar-refractivity contribution >= 4 is 17.5 Å². The number of methoxy groups -OCH3 is 1. The lowest BCUT2D eigenvalue weighted by Gasteiger charge is -2.22. The monoisotopic (exact) mass is 477 g/mol. The zero-order chi connectivity index (χ0) is 24.3. The zero-order valence-corrected chi connectivity index (χ0v) is 19.2. The molecule has 1 amide bonds. The Labute approximate surface area is 201 Å². The number of anilines is 2. The summed E-state index contributed by atoms with van der Waals surface area (Å²) in [6.45, 7) is 0.745. The summed E-state index contributed by atoms with van der Waals surface area (Å²) in [6.07, 6.45) is 2.54. The van der Waals surface area contributed by atoms with Gasteiger partial charge in [0.1, 0.15) is 29.4 Å². The number of aromatic nitrogens is 2. The maximum Gasteiger partial charge on any atom is 0.260 e. The number of carbonyl (C=O) groups excluding carboxylic acids is 1. The Morgan fingerprint density at radius 1 is 1.14 bits per heavy atom. The molecule has 1 saturated carbocycles. The highest BCUT2D eigenvalue weighted by atomic mass is 19.1. The third-order valence-corrected chi connectivity index (χ3v) is 7.04. The average molecular weight is 478 g/mol. The molecule has 0 spiro atoms. The van der Waals surface area contributed by atoms with E-state index in [0.29, 0.717) is 46.7 Å². The largest absolute Gasteiger partial charge is 0.496 e. The molecule has 2 aliphatic heterocycles. The van der Waals surface area contributed by atoms with Crippen LogP contribution in [0.2, 0.25) is 0 Å². The van der Waals surface area contributed by atoms with E-state index < -0.39 is 18.0 Å². The van der Waals surface area contributed by atoms with Gasteiger partial charge in [0.25, 0.3) is 5.91 Å². The minimum atomic E-state index is -1.12. The third-order valence-electron chi connectivity index (χ3n) is 7.04. The van der Waals surface area contributed by atoms with Crippen LogP contribution in [0, 0.1) is 5.82 Å². The Balaban J connectivity index is 1.41. The molecule has 2 fully saturated rings. The molecule has 35 heavy (non-hydrogen) atoms. The smallest absolute Gasteiger partial charge is 0.260 e. The molecule has 2 N–H and O–H groups in total. The van der Waals surface area contributed by atoms with E-state index in [4.69, 9.17) is 15.5 Å². The molecule has 3 aliphatic rings. The van der Waals surface area contributed by atoms with Crippen molar-refractivity contribution in [3.05, 3.63) is 65.1 Å². The van der Waals surface area contributed by atoms with Crippen molar-refractivity contribution < 1.29 is 18.3 Å². The predicted octanol–water partition coefficient (Wildman–Crippen LogP) is 3.81. The predicted molar refractivity (Wildman–Crippen MR) is 128 cm³/mol. The topological polar surface area (TPSA) is 84.6 Å². The van der Waals surface area contributed by atoms with Crippen molar-refractivity contribution in [2.24, 2.45) is 5.73 Å². The molecule has 0 radical (unpaired) electrons. The van der Waals surface area contributed by atoms with Gasteiger partial charge in [-0.3, -0.25) is 14.7 Å². The van der Waals surface area contributed by atoms with Crippen LogP contribution in [-0.4, -0.2) is 48.3 Å². The molecule has 6 rings (SSSR count). The highest BCUT2D eigenvalue weighted by Crippen LogP contribution is 2.44. The molecule has 7 nitrogen and oxygen atoms in total. The van der Waals surface area contributed by atoms with Gasteiger partial charge in [-0.05, 0) is 54.7 Å². The number of alkyl halides is 1. The van der Waals surface area contributed by atoms with E-state index in [9.17, 15) is 13.6 Å². The lowest BCUT2D eigenvalue weighted by molar-refractivity contribution is 0.0996. The van der Waals surface area contributed by atoms with Gasteiger partial charge in [-0.2, -0.15) is 0 Å². The molecule has 180 valence electrons. The molecule has 0 bridgehead atoms. The maximum absolute atomic E-state index is 14.9. The lowest BCUT2D eigenvalue weighted by Crippen LogP contribution is -2.30. The van der Waals surface area contributed by atoms with Gasteiger partial charge in [-0.1, -0.05) is 6.07 Å². The molecular formula is C26H25F2N5O2. The van der Waals surface area contributed by atoms with Gasteiger partial charge < -0.3 is 15.4 Å². The van der Waals surface area contributed by atoms with Crippen LogP contribution in [0.25, 0.3) is 11.3 Å². The SMILES string of the molecule is COc1cccc(F)c1-c1nccc2c1CN(c1cc(C3CC3)cc(N3C[C@@H](N)[C@H](F)C3)n1)C2=O. The number of ether oxygens (including phenoxy) is 1. The number of amides is 1. The molecule has 1 aromatic carbocycles. The molecule has 0 unspecified atom stereocenters. The van der Waals surface area contributed by atoms with Crippen molar-refractivity contribution in [3.63, 3.8) is 0 Å². The molecule has 2 aromatic heterocycles. The average Bonchev–Trinajstić information content (AvgIpc) is 3.59. The molecule has 1 aliphatic carbocycles. The van der Waals surface area contributed by atoms with Crippen molar-refractivity contribution in [2.45, 2.75) is 37.5 Å². The van der Waals surface area contributed by atoms with Crippen LogP contribution >= 0.6 is 0 Å². The van der Waals surface area contributed by atoms with E-state index in [-0.39, 0.29) is 24.6 Å². The number of rotatable bonds is 5. The minimum Gasteiger partial charge on any atom is -0.496 e. The highest BCUT2D eigenvalue weighted by Gasteiger charge is 2.36. The summed E-state index contributed by atoms with van der Waals surface area (Å²) in [5.41, 5.74) is 8.66. The van der Waals surface area contributed by atoms with Crippen LogP contribution in [0.15, 0.2) is 42.6 Å². The van der Waals surface area contributed by atoms with E-state index >= 15 is 0 Å². The Hall–Kier alpha value is -3.59. The highest BCUT2D eigenvalue weighted by molar-refractivity contribution is 6.10. The molecular weight excluding hydrogens is 452 g/mol. The number of benzene rings is 1. The van der Waals surface area contributed by atoms with Gasteiger partial charge >= 0.3 is 0 Å². The van der Waals surface area contributed by atoms with E-state index in [2.05, 4.69) is 4.98 Å². The molecule has 1 saturated heterocycles. The van der Waals surface area contributed by atoms with Gasteiger partial charge in [-0.15, -0.1) is 0 Å². The first-order valence-electron chi connectivity index (χ1n) is 11.7. The molecule has 9 heteroatoms. The first-order valence-corrected chi connectivity index (χ1v) is 11.7. The zero-order valence-electron chi connectivity index (χ0n) is 19.2. The van der Waals surface area contributed by atoms with Crippen molar-refractivity contribution in [3.8, 4) is 17.0 Å². The maximum atomic E-state index is 14.9. The second kappa shape index (κ2) is 8.27. The summed E-state index contributed by atoms with van der Waals surface area (Å²) in [4.78, 5) is 26.1. The van der Waals surface area contributed by atoms with Crippen LogP contribution in [-0.2, 0) is 6.54 Å². The van der Waals surface area contributed by atoms with Crippen LogP contribution in [0.5, 0.6) is 5.75 Å². The summed E-state index contributed by atoms with van der Waals surface area (Å²) in [5, 5.41) is 0. The number of nitrogens with two attached hydrogens (primary N) is 1. The van der Waals surface area contributed by atoms with E-state index in [1.54, 1.807) is 23.1 Å². The summed E-state index contributed by atoms with van der Waals surface area (Å²) in [6, 6.07) is 9.58. The number of halogens is 2. The first kappa shape index (κ1) is 21.9. The van der Waals surface area contributed by atoms with Gasteiger partial charge in [0.15, 0.2) is 0 Å². The van der Waals surface area contributed by atoms with Crippen LogP contribution in [0.1, 0.15) is 40.2 Å². The Morgan fingerprint density at radius 2 is 1.94 bits per heavy atom. The fraction of sp³-hybridized carbons (Fsp3) is 0.346. The van der Waals surface area contributed by atoms with E-state index in [1.165, 1.54) is 19.4 Å². The summed E-state index contributed by atoms with van der Waals surface area (Å²) >= 11 is 0. The van der Waals surface area contributed by atoms with Gasteiger partial charge in [0, 0.05) is 23.9 Å². The number of hydrogen-bond donors (Lipinski definition) is 1. The van der Waals surface area contributed by atoms with Crippen molar-refractivity contribution in [1.82, 2.24) is 9.97 Å². The lowest BCUT2D eigenvalue weighted by atomic mass is 10.0. The van der Waals surface area contributed by atoms with Gasteiger partial charge in [0.2, 0.25) is 0 Å². The standard InChI is InChI=1S/C26H25F2N5O2/c1-35-21-4-2-3-18(27)24(21)25-17-11-33(26(34)16(17)7-8-30-25)23-10-15(14-5-6-14)9-22(31-23)32-12-19(28)20(29)13-32/h2-4,7-10,14,19-20H,5-6,11-13,29H2,1H3/t19-,20-/m1/s1. The third kappa shape index (κ3) is 3.70. The normalized spacial score (nSPS) is 21.5. The minimum absolute atomic E-state index is 0.178. The molecule has 3 aromatic rings. The quantitative estimate of drug-likeness (QED) is 0.602. The number of hydrogen-bond acceptors (Lipinski definition) is 6. The second-order valence-corrected chi connectivity index (χ2v) is 9.37. The number of fused-ring (bicyclic) bond motifs is 1. The fourth-order valence-corrected chi connectivity index (χ4v) is 4.98. The van der Waals surface area contributed by atoms with Gasteiger partial charge in [0.05, 0.1) is 37.5 Å². The summed E-state index contributed by atoms with van der Waals surface area (Å²) in [7, 11) is 1.47. The first-order chi connectivity index (χ1) is 16.9. The van der Waals surface area contributed by atoms with Crippen molar-refractivity contribution in [1.29, 1.82) is 0 Å². The molecule has 2 atom stereocenters. The summed E-state index contributed by atoms with van der Waals surface area (Å²) in [5.74, 6) is 1.17. The molecule has 4 heterocycles. The number of nitrogens with zero attached hydrogens (tertiary/aromatic N) is 4. The number of pyridine rings is 2. The van der Waals surface area contributed by atoms with E-state index in [1.807, 2.05) is 17.0 Å². The fourth-order valence-electron chi connectivity index (χ4n) is 4.98. The Kier molecular flexibility index (Phi) is 5.17. The number of carbonyl (C=O) groups is 1. The Bertz CT molecular complexity index is 1320. The summed E-state index contributed by atoms with van der Waals surface area (Å²) < 4.78 is 34.4.